The molecule has 6 heteroatoms. The number of benzene rings is 9. The number of aliphatic carboxylic acids is 2. The topological polar surface area (TPSA) is 118 Å². The smallest absolute Gasteiger partial charge is 0.309 e. The number of rotatable bonds is 12. The Labute approximate surface area is 489 Å². The third-order valence-electron chi connectivity index (χ3n) is 17.6. The van der Waals surface area contributed by atoms with Gasteiger partial charge in [-0.15, -0.1) is 0 Å². The Bertz CT molecular complexity index is 3500. The fourth-order valence-electron chi connectivity index (χ4n) is 13.5. The van der Waals surface area contributed by atoms with E-state index in [1.54, 1.807) is 0 Å². The van der Waals surface area contributed by atoms with Crippen LogP contribution in [0.25, 0.3) is 16.7 Å². The Kier molecular flexibility index (Phi) is 17.7. The zero-order valence-electron chi connectivity index (χ0n) is 47.1. The van der Waals surface area contributed by atoms with Crippen molar-refractivity contribution in [1.82, 2.24) is 0 Å². The van der Waals surface area contributed by atoms with Crippen molar-refractivity contribution >= 4 is 34.9 Å². The first-order valence-electron chi connectivity index (χ1n) is 28.7. The van der Waals surface area contributed by atoms with Gasteiger partial charge in [-0.2, -0.15) is 0 Å². The van der Waals surface area contributed by atoms with E-state index >= 15 is 0 Å². The molecule has 0 amide bonds. The Balaban J connectivity index is 0.000000139. The molecule has 0 bridgehead atoms. The van der Waals surface area contributed by atoms with Gasteiger partial charge in [0.05, 0.1) is 17.4 Å². The number of hydrogen-bond acceptors (Lipinski definition) is 4. The van der Waals surface area contributed by atoms with E-state index in [0.717, 1.165) is 45.4 Å². The molecule has 9 aromatic rings. The lowest BCUT2D eigenvalue weighted by Crippen LogP contribution is -2.51. The zero-order valence-corrected chi connectivity index (χ0v) is 47.1. The fourth-order valence-corrected chi connectivity index (χ4v) is 13.5. The van der Waals surface area contributed by atoms with E-state index in [2.05, 4.69) is 135 Å². The molecule has 83 heavy (non-hydrogen) atoms. The molecule has 0 radical (unpaired) electrons. The van der Waals surface area contributed by atoms with Crippen LogP contribution < -0.4 is 5.73 Å². The number of carbonyl (C=O) groups excluding carboxylic acids is 1. The molecular formula is C77H71NO5. The Morgan fingerprint density at radius 1 is 0.373 bits per heavy atom. The second-order valence-corrected chi connectivity index (χ2v) is 22.7. The molecule has 12 rings (SSSR count). The van der Waals surface area contributed by atoms with Crippen LogP contribution in [-0.4, -0.2) is 28.4 Å². The lowest BCUT2D eigenvalue weighted by molar-refractivity contribution is -0.145. The first-order valence-corrected chi connectivity index (χ1v) is 28.7. The summed E-state index contributed by atoms with van der Waals surface area (Å²) in [7, 11) is 0. The largest absolute Gasteiger partial charge is 0.481 e. The predicted octanol–water partition coefficient (Wildman–Crippen LogP) is 16.8. The van der Waals surface area contributed by atoms with Crippen molar-refractivity contribution in [2.24, 2.45) is 23.5 Å². The fraction of sp³-hybridized carbons (Fsp3) is 0.182. The van der Waals surface area contributed by atoms with Gasteiger partial charge in [-0.3, -0.25) is 9.59 Å². The zero-order chi connectivity index (χ0) is 57.8. The highest BCUT2D eigenvalue weighted by Crippen LogP contribution is 2.53. The molecule has 9 atom stereocenters. The third kappa shape index (κ3) is 12.4. The van der Waals surface area contributed by atoms with E-state index in [9.17, 15) is 24.6 Å². The molecule has 0 aromatic heterocycles. The van der Waals surface area contributed by atoms with Crippen molar-refractivity contribution in [3.8, 4) is 0 Å². The summed E-state index contributed by atoms with van der Waals surface area (Å²) in [5.74, 6) is -3.17. The third-order valence-corrected chi connectivity index (χ3v) is 17.6. The van der Waals surface area contributed by atoms with Crippen LogP contribution >= 0.6 is 0 Å². The molecule has 9 aromatic carbocycles. The van der Waals surface area contributed by atoms with E-state index in [0.29, 0.717) is 12.8 Å². The van der Waals surface area contributed by atoms with E-state index in [1.165, 1.54) is 34.1 Å². The molecule has 414 valence electrons. The minimum absolute atomic E-state index is 0.0934. The van der Waals surface area contributed by atoms with Crippen LogP contribution in [0.15, 0.2) is 291 Å². The molecule has 3 unspecified atom stereocenters. The summed E-state index contributed by atoms with van der Waals surface area (Å²) < 4.78 is 0. The van der Waals surface area contributed by atoms with Crippen molar-refractivity contribution in [2.75, 3.05) is 0 Å². The summed E-state index contributed by atoms with van der Waals surface area (Å²) in [6.07, 6.45) is 9.88. The van der Waals surface area contributed by atoms with E-state index in [1.807, 2.05) is 170 Å². The predicted molar refractivity (Wildman–Crippen MR) is 336 cm³/mol. The van der Waals surface area contributed by atoms with E-state index in [-0.39, 0.29) is 29.1 Å². The van der Waals surface area contributed by atoms with Gasteiger partial charge in [0.25, 0.3) is 0 Å². The van der Waals surface area contributed by atoms with Crippen LogP contribution in [0, 0.1) is 17.8 Å². The first-order chi connectivity index (χ1) is 40.4. The molecule has 3 aliphatic carbocycles. The van der Waals surface area contributed by atoms with Gasteiger partial charge in [-0.1, -0.05) is 305 Å². The second kappa shape index (κ2) is 25.7. The lowest BCUT2D eigenvalue weighted by Gasteiger charge is -2.43. The van der Waals surface area contributed by atoms with Crippen molar-refractivity contribution < 1.29 is 24.6 Å². The molecule has 4 N–H and O–H groups in total. The summed E-state index contributed by atoms with van der Waals surface area (Å²) in [5.41, 5.74) is 18.3. The van der Waals surface area contributed by atoms with Gasteiger partial charge >= 0.3 is 11.9 Å². The SMILES string of the molecule is C[C@]1(c2ccccc2)C=C(c2ccccc2)CC(c2ccccc2)[C@H]1C(=O)O.C[C@]1(c2ccccc2)C=C(c2ccccc2)CC(c2ccccc2)[C@H]1C=O.N[C@]1(c2ccccc2)C=C(c2ccccc2)CC(c2ccccc2)[C@H]1C(=O)O. The number of carboxylic acids is 2. The maximum absolute atomic E-state index is 12.5. The number of allylic oxidation sites excluding steroid dienone is 5. The number of aldehydes is 1. The number of hydrogen-bond donors (Lipinski definition) is 3. The van der Waals surface area contributed by atoms with Gasteiger partial charge in [0, 0.05) is 28.6 Å². The Morgan fingerprint density at radius 3 is 1.01 bits per heavy atom. The summed E-state index contributed by atoms with van der Waals surface area (Å²) in [4.78, 5) is 37.3. The Hall–Kier alpha value is -9.23. The van der Waals surface area contributed by atoms with Gasteiger partial charge in [0.15, 0.2) is 0 Å². The maximum Gasteiger partial charge on any atom is 0.309 e. The standard InChI is InChI=1S/C26H24O2.C26H24O.C25H23NO2/c1-26(22-15-9-4-10-16-22)18-21(19-11-5-2-6-12-19)17-23(24(26)25(27)28)20-13-7-3-8-14-20;1-26(23-15-9-4-10-16-23)18-22(20-11-5-2-6-12-20)17-24(25(26)19-27)21-13-7-3-8-14-21;26-25(21-14-8-3-9-15-21)17-20(18-10-4-1-5-11-18)16-22(23(25)24(27)28)19-12-6-2-7-13-19/h2-16,18,23-24H,17H2,1H3,(H,27,28);2-16,18-19,24-25H,17H2,1H3;1-15,17,22-23H,16,26H2,(H,27,28)/t23?,24-,26+;24?,25-,26-;22?,23-,25-/m010/s1. The van der Waals surface area contributed by atoms with E-state index in [4.69, 9.17) is 5.73 Å². The highest BCUT2D eigenvalue weighted by Gasteiger charge is 2.50. The molecule has 3 aliphatic rings. The Morgan fingerprint density at radius 2 is 0.651 bits per heavy atom. The second-order valence-electron chi connectivity index (χ2n) is 22.7. The molecule has 0 heterocycles. The van der Waals surface area contributed by atoms with Gasteiger partial charge in [-0.05, 0) is 92.0 Å². The highest BCUT2D eigenvalue weighted by atomic mass is 16.4. The minimum Gasteiger partial charge on any atom is -0.481 e. The van der Waals surface area contributed by atoms with Gasteiger partial charge in [0.2, 0.25) is 0 Å². The van der Waals surface area contributed by atoms with Crippen LogP contribution in [0.2, 0.25) is 0 Å². The highest BCUT2D eigenvalue weighted by molar-refractivity contribution is 5.82. The van der Waals surface area contributed by atoms with Gasteiger partial charge in [-0.25, -0.2) is 0 Å². The number of nitrogens with two attached hydrogens (primary N) is 1. The normalized spacial score (nSPS) is 24.5. The first kappa shape index (κ1) is 57.0. The van der Waals surface area contributed by atoms with Crippen LogP contribution in [0.4, 0.5) is 0 Å². The van der Waals surface area contributed by atoms with Crippen molar-refractivity contribution in [1.29, 1.82) is 0 Å². The molecule has 0 saturated carbocycles. The van der Waals surface area contributed by atoms with Crippen molar-refractivity contribution in [3.05, 3.63) is 341 Å². The van der Waals surface area contributed by atoms with Gasteiger partial charge in [0.1, 0.15) is 6.29 Å². The summed E-state index contributed by atoms with van der Waals surface area (Å²) in [5, 5.41) is 20.5. The minimum atomic E-state index is -1.10. The van der Waals surface area contributed by atoms with Gasteiger partial charge < -0.3 is 20.7 Å². The summed E-state index contributed by atoms with van der Waals surface area (Å²) in [6, 6.07) is 91.4. The maximum atomic E-state index is 12.5. The quantitative estimate of drug-likeness (QED) is 0.105. The molecule has 0 spiro atoms. The molecule has 0 aliphatic heterocycles. The van der Waals surface area contributed by atoms with Crippen LogP contribution in [0.5, 0.6) is 0 Å². The van der Waals surface area contributed by atoms with Crippen LogP contribution in [0.3, 0.4) is 0 Å². The summed E-state index contributed by atoms with van der Waals surface area (Å²) >= 11 is 0. The van der Waals surface area contributed by atoms with Crippen molar-refractivity contribution in [3.63, 3.8) is 0 Å². The number of carbonyl (C=O) groups is 3. The lowest BCUT2D eigenvalue weighted by atomic mass is 9.59. The van der Waals surface area contributed by atoms with Crippen LogP contribution in [-0.2, 0) is 30.8 Å². The average molecular weight is 1090 g/mol. The van der Waals surface area contributed by atoms with E-state index < -0.39 is 34.7 Å². The molecule has 0 fully saturated rings. The monoisotopic (exact) mass is 1090 g/mol. The molecular weight excluding hydrogens is 1020 g/mol. The van der Waals surface area contributed by atoms with Crippen LogP contribution in [0.1, 0.15) is 101 Å². The average Bonchev–Trinajstić information content (AvgIpc) is 2.84. The van der Waals surface area contributed by atoms with Crippen molar-refractivity contribution in [2.45, 2.75) is 67.2 Å². The molecule has 0 saturated heterocycles. The molecule has 6 nitrogen and oxygen atoms in total. The summed E-state index contributed by atoms with van der Waals surface area (Å²) in [6.45, 7) is 4.28. The number of carboxylic acid groups (broad SMARTS) is 2.